The molecule has 0 saturated heterocycles. The topological polar surface area (TPSA) is 80.7 Å². The van der Waals surface area contributed by atoms with E-state index in [4.69, 9.17) is 9.47 Å². The summed E-state index contributed by atoms with van der Waals surface area (Å²) in [5, 5.41) is 15.2. The Labute approximate surface area is 197 Å². The number of fused-ring (bicyclic) bond motifs is 1. The van der Waals surface area contributed by atoms with Crippen molar-refractivity contribution in [2.24, 2.45) is 0 Å². The fourth-order valence-electron chi connectivity index (χ4n) is 3.66. The van der Waals surface area contributed by atoms with Gasteiger partial charge in [0.2, 0.25) is 0 Å². The molecule has 1 aromatic heterocycles. The number of aromatic hydroxyl groups is 1. The van der Waals surface area contributed by atoms with Crippen LogP contribution < -0.4 is 5.32 Å². The summed E-state index contributed by atoms with van der Waals surface area (Å²) in [6, 6.07) is 19.8. The van der Waals surface area contributed by atoms with Crippen LogP contribution in [0.3, 0.4) is 0 Å². The van der Waals surface area contributed by atoms with Gasteiger partial charge < -0.3 is 19.9 Å². The van der Waals surface area contributed by atoms with Crippen LogP contribution in [0.5, 0.6) is 5.75 Å². The highest BCUT2D eigenvalue weighted by molar-refractivity contribution is 5.90. The van der Waals surface area contributed by atoms with Crippen LogP contribution in [-0.4, -0.2) is 35.9 Å². The smallest absolute Gasteiger partial charge is 0.338 e. The summed E-state index contributed by atoms with van der Waals surface area (Å²) in [6.45, 7) is 2.98. The molecule has 0 aliphatic rings. The fraction of sp³-hybridized carbons (Fsp3) is 0.185. The Morgan fingerprint density at radius 1 is 1.03 bits per heavy atom. The number of nitrogens with one attached hydrogen (secondary N) is 1. The second-order valence-electron chi connectivity index (χ2n) is 7.62. The first-order valence-electron chi connectivity index (χ1n) is 11.0. The third-order valence-corrected chi connectivity index (χ3v) is 5.39. The third-order valence-electron chi connectivity index (χ3n) is 5.39. The molecule has 6 nitrogen and oxygen atoms in total. The number of benzene rings is 3. The Morgan fingerprint density at radius 3 is 2.53 bits per heavy atom. The zero-order valence-electron chi connectivity index (χ0n) is 18.7. The first-order valence-corrected chi connectivity index (χ1v) is 11.0. The first kappa shape index (κ1) is 23.2. The van der Waals surface area contributed by atoms with Crippen molar-refractivity contribution in [3.63, 3.8) is 0 Å². The maximum atomic E-state index is 13.6. The molecule has 1 atom stereocenters. The molecule has 34 heavy (non-hydrogen) atoms. The molecule has 0 amide bonds. The lowest BCUT2D eigenvalue weighted by Crippen LogP contribution is -2.14. The van der Waals surface area contributed by atoms with E-state index >= 15 is 0 Å². The minimum absolute atomic E-state index is 0.0504. The van der Waals surface area contributed by atoms with E-state index in [0.717, 1.165) is 10.9 Å². The van der Waals surface area contributed by atoms with E-state index in [1.165, 1.54) is 12.1 Å². The number of pyridine rings is 1. The number of hydrogen-bond acceptors (Lipinski definition) is 6. The van der Waals surface area contributed by atoms with Crippen molar-refractivity contribution in [3.05, 3.63) is 102 Å². The highest BCUT2D eigenvalue weighted by atomic mass is 19.1. The maximum absolute atomic E-state index is 13.6. The monoisotopic (exact) mass is 460 g/mol. The number of rotatable bonds is 9. The van der Waals surface area contributed by atoms with E-state index in [0.29, 0.717) is 35.5 Å². The summed E-state index contributed by atoms with van der Waals surface area (Å²) in [7, 11) is 0. The molecule has 4 rings (SSSR count). The normalized spacial score (nSPS) is 11.8. The molecule has 0 aliphatic heterocycles. The van der Waals surface area contributed by atoms with Gasteiger partial charge in [-0.3, -0.25) is 4.98 Å². The number of ether oxygens (including phenoxy) is 2. The maximum Gasteiger partial charge on any atom is 0.338 e. The van der Waals surface area contributed by atoms with E-state index in [1.807, 2.05) is 25.1 Å². The van der Waals surface area contributed by atoms with Gasteiger partial charge in [-0.05, 0) is 55.0 Å². The number of halogens is 1. The number of phenolic OH excluding ortho intramolecular Hbond substituents is 1. The molecule has 0 fully saturated rings. The molecule has 0 aliphatic carbocycles. The number of anilines is 1. The summed E-state index contributed by atoms with van der Waals surface area (Å²) in [4.78, 5) is 16.5. The second-order valence-corrected chi connectivity index (χ2v) is 7.62. The van der Waals surface area contributed by atoms with E-state index in [2.05, 4.69) is 10.3 Å². The molecule has 0 bridgehead atoms. The Kier molecular flexibility index (Phi) is 7.34. The van der Waals surface area contributed by atoms with Crippen LogP contribution in [0.1, 0.15) is 34.5 Å². The van der Waals surface area contributed by atoms with Crippen molar-refractivity contribution < 1.29 is 23.8 Å². The Morgan fingerprint density at radius 2 is 1.79 bits per heavy atom. The lowest BCUT2D eigenvalue weighted by atomic mass is 9.96. The van der Waals surface area contributed by atoms with Gasteiger partial charge in [-0.15, -0.1) is 0 Å². The zero-order valence-corrected chi connectivity index (χ0v) is 18.7. The molecule has 3 aromatic carbocycles. The van der Waals surface area contributed by atoms with Crippen LogP contribution in [0.4, 0.5) is 10.1 Å². The van der Waals surface area contributed by atoms with Crippen molar-refractivity contribution in [3.8, 4) is 5.75 Å². The van der Waals surface area contributed by atoms with Crippen molar-refractivity contribution in [2.75, 3.05) is 25.1 Å². The minimum atomic E-state index is -0.490. The van der Waals surface area contributed by atoms with Gasteiger partial charge in [0.05, 0.1) is 18.2 Å². The lowest BCUT2D eigenvalue weighted by Gasteiger charge is -2.22. The molecule has 7 heteroatoms. The highest BCUT2D eigenvalue weighted by Crippen LogP contribution is 2.36. The Balaban J connectivity index is 1.61. The summed E-state index contributed by atoms with van der Waals surface area (Å²) >= 11 is 0. The molecule has 1 unspecified atom stereocenters. The van der Waals surface area contributed by atoms with E-state index in [1.54, 1.807) is 48.7 Å². The van der Waals surface area contributed by atoms with Gasteiger partial charge in [0.15, 0.2) is 0 Å². The van der Waals surface area contributed by atoms with Crippen molar-refractivity contribution in [2.45, 2.75) is 13.0 Å². The predicted octanol–water partition coefficient (Wildman–Crippen LogP) is 5.47. The van der Waals surface area contributed by atoms with Gasteiger partial charge in [0, 0.05) is 29.4 Å². The molecule has 174 valence electrons. The molecular weight excluding hydrogens is 435 g/mol. The molecule has 1 heterocycles. The fourth-order valence-corrected chi connectivity index (χ4v) is 3.66. The SMILES string of the molecule is CCOCCOC(=O)c1ccc(NC(c2ccc(F)cc2)c2ccc3cccnc3c2O)cc1. The quantitative estimate of drug-likeness (QED) is 0.255. The number of nitrogens with zero attached hydrogens (tertiary/aromatic N) is 1. The third kappa shape index (κ3) is 5.32. The van der Waals surface area contributed by atoms with Gasteiger partial charge >= 0.3 is 5.97 Å². The lowest BCUT2D eigenvalue weighted by molar-refractivity contribution is 0.0335. The largest absolute Gasteiger partial charge is 0.505 e. The summed E-state index contributed by atoms with van der Waals surface area (Å²) in [5.74, 6) is -0.729. The summed E-state index contributed by atoms with van der Waals surface area (Å²) in [6.07, 6.45) is 1.62. The summed E-state index contributed by atoms with van der Waals surface area (Å²) < 4.78 is 24.0. The number of aromatic nitrogens is 1. The van der Waals surface area contributed by atoms with Gasteiger partial charge in [0.25, 0.3) is 0 Å². The summed E-state index contributed by atoms with van der Waals surface area (Å²) in [5.41, 5.74) is 2.96. The average Bonchev–Trinajstić information content (AvgIpc) is 2.87. The number of carbonyl (C=O) groups is 1. The molecule has 0 saturated carbocycles. The van der Waals surface area contributed by atoms with Gasteiger partial charge in [-0.1, -0.05) is 30.3 Å². The minimum Gasteiger partial charge on any atom is -0.505 e. The number of hydrogen-bond donors (Lipinski definition) is 2. The van der Waals surface area contributed by atoms with Gasteiger partial charge in [-0.25, -0.2) is 9.18 Å². The zero-order chi connectivity index (χ0) is 23.9. The molecule has 2 N–H and O–H groups in total. The van der Waals surface area contributed by atoms with Crippen molar-refractivity contribution in [1.29, 1.82) is 0 Å². The predicted molar refractivity (Wildman–Crippen MR) is 128 cm³/mol. The molecular formula is C27H25FN2O4. The van der Waals surface area contributed by atoms with Crippen LogP contribution in [-0.2, 0) is 9.47 Å². The van der Waals surface area contributed by atoms with E-state index < -0.39 is 12.0 Å². The van der Waals surface area contributed by atoms with Crippen LogP contribution in [0.15, 0.2) is 79.0 Å². The van der Waals surface area contributed by atoms with Crippen LogP contribution in [0, 0.1) is 5.82 Å². The second kappa shape index (κ2) is 10.8. The number of carbonyl (C=O) groups excluding carboxylic acids is 1. The molecule has 4 aromatic rings. The Hall–Kier alpha value is -3.97. The standard InChI is InChI=1S/C27H25FN2O4/c1-2-33-16-17-34-27(32)20-7-12-22(13-8-20)30-24(19-5-10-21(28)11-6-19)23-14-9-18-4-3-15-29-25(18)26(23)31/h3-15,24,30-31H,2,16-17H2,1H3. The van der Waals surface area contributed by atoms with E-state index in [-0.39, 0.29) is 18.2 Å². The Bertz CT molecular complexity index is 1260. The number of phenols is 1. The van der Waals surface area contributed by atoms with E-state index in [9.17, 15) is 14.3 Å². The first-order chi connectivity index (χ1) is 16.6. The molecule has 0 radical (unpaired) electrons. The van der Waals surface area contributed by atoms with Gasteiger partial charge in [-0.2, -0.15) is 0 Å². The average molecular weight is 461 g/mol. The van der Waals surface area contributed by atoms with Crippen LogP contribution >= 0.6 is 0 Å². The van der Waals surface area contributed by atoms with Gasteiger partial charge in [0.1, 0.15) is 23.7 Å². The number of esters is 1. The molecule has 0 spiro atoms. The van der Waals surface area contributed by atoms with Crippen molar-refractivity contribution in [1.82, 2.24) is 4.98 Å². The van der Waals surface area contributed by atoms with Crippen molar-refractivity contribution >= 4 is 22.6 Å². The van der Waals surface area contributed by atoms with Crippen LogP contribution in [0.2, 0.25) is 0 Å². The highest BCUT2D eigenvalue weighted by Gasteiger charge is 2.20. The van der Waals surface area contributed by atoms with Crippen LogP contribution in [0.25, 0.3) is 10.9 Å².